The van der Waals surface area contributed by atoms with Crippen molar-refractivity contribution in [2.75, 3.05) is 33.5 Å². The van der Waals surface area contributed by atoms with Crippen molar-refractivity contribution in [2.24, 2.45) is 0 Å². The Bertz CT molecular complexity index is 1880. The summed E-state index contributed by atoms with van der Waals surface area (Å²) in [4.78, 5) is 81.9. The summed E-state index contributed by atoms with van der Waals surface area (Å²) in [5, 5.41) is 28.8. The van der Waals surface area contributed by atoms with Gasteiger partial charge in [0, 0.05) is 33.2 Å². The number of unbranched alkanes of at least 4 members (excludes halogenated alkanes) is 30. The van der Waals surface area contributed by atoms with Crippen LogP contribution in [0.1, 0.15) is 285 Å². The largest absolute Gasteiger partial charge is 0.472 e. The number of Topliss-reactive ketones (excluding diaryl/α,β-unsaturated/α-hetero) is 1. The number of ketones is 1. The van der Waals surface area contributed by atoms with Crippen molar-refractivity contribution in [3.63, 3.8) is 0 Å². The molecule has 518 valence electrons. The first-order chi connectivity index (χ1) is 42.4. The molecular weight excluding hydrogens is 1170 g/mol. The zero-order valence-electron chi connectivity index (χ0n) is 55.0. The Labute approximate surface area is 530 Å². The number of ether oxygens (including phenoxy) is 6. The van der Waals surface area contributed by atoms with Crippen molar-refractivity contribution < 1.29 is 90.8 Å². The van der Waals surface area contributed by atoms with Gasteiger partial charge in [0.1, 0.15) is 54.5 Å². The fourth-order valence-corrected chi connectivity index (χ4v) is 12.5. The number of rotatable bonds is 58. The number of allylic oxidation sites excluding steroid dienone is 2. The normalized spacial score (nSPS) is 23.0. The lowest BCUT2D eigenvalue weighted by molar-refractivity contribution is -0.301. The van der Waals surface area contributed by atoms with Crippen molar-refractivity contribution in [3.05, 3.63) is 12.2 Å². The second-order valence-electron chi connectivity index (χ2n) is 24.6. The van der Waals surface area contributed by atoms with Gasteiger partial charge in [0.05, 0.1) is 25.7 Å². The maximum Gasteiger partial charge on any atom is 0.472 e. The lowest BCUT2D eigenvalue weighted by Crippen LogP contribution is -2.67. The second kappa shape index (κ2) is 51.6. The molecule has 11 atom stereocenters. The molecule has 0 spiro atoms. The molecule has 0 aromatic rings. The van der Waals surface area contributed by atoms with E-state index in [1.54, 1.807) is 0 Å². The number of carbonyl (C=O) groups is 3. The standard InChI is InChI=1S/C65H124N2O19P2/c1-6-10-14-18-21-24-25-26-27-28-29-31-33-37-41-45-56(70)66-59-63(81-48-46-52(68)43-39-35-17-13-9-4)61(85-87(73,74)75)55(50-79-5)84-64(59)82-51-54-60(72)62(80-47-42-38-34-23-20-16-12-8-3)58(65(83-54)86-88(76,77)78)67-57(71)49-53(69)44-40-36-32-30-22-19-15-11-7-2/h24-25,52,54-55,58-65,68,72H,6-23,26-51H2,1-5H3,(H,66,70)(H,67,71)(H2,73,74,75)(H2,76,77,78)/b25-24+. The lowest BCUT2D eigenvalue weighted by atomic mass is 9.95. The number of phosphoric ester groups is 2. The predicted octanol–water partition coefficient (Wildman–Crippen LogP) is 13.0. The third kappa shape index (κ3) is 40.4. The number of methoxy groups -OCH3 is 1. The first kappa shape index (κ1) is 82.3. The van der Waals surface area contributed by atoms with Gasteiger partial charge in [-0.2, -0.15) is 0 Å². The van der Waals surface area contributed by atoms with E-state index in [4.69, 9.17) is 37.5 Å². The van der Waals surface area contributed by atoms with Gasteiger partial charge in [0.15, 0.2) is 12.6 Å². The highest BCUT2D eigenvalue weighted by Crippen LogP contribution is 2.44. The molecular formula is C65H124N2O19P2. The minimum Gasteiger partial charge on any atom is -0.393 e. The second-order valence-corrected chi connectivity index (χ2v) is 27.0. The first-order valence-corrected chi connectivity index (χ1v) is 37.7. The summed E-state index contributed by atoms with van der Waals surface area (Å²) in [6, 6.07) is -2.89. The molecule has 2 fully saturated rings. The number of hydrogen-bond acceptors (Lipinski definition) is 15. The number of carbonyl (C=O) groups excluding carboxylic acids is 3. The molecule has 2 aliphatic heterocycles. The fraction of sp³-hybridized carbons (Fsp3) is 0.923. The Hall–Kier alpha value is -1.75. The Kier molecular flexibility index (Phi) is 48.3. The highest BCUT2D eigenvalue weighted by molar-refractivity contribution is 7.46. The third-order valence-corrected chi connectivity index (χ3v) is 17.5. The van der Waals surface area contributed by atoms with Crippen LogP contribution < -0.4 is 10.6 Å². The van der Waals surface area contributed by atoms with Crippen molar-refractivity contribution in [3.8, 4) is 0 Å². The molecule has 2 amide bonds. The molecule has 2 rings (SSSR count). The van der Waals surface area contributed by atoms with Gasteiger partial charge in [-0.15, -0.1) is 0 Å². The van der Waals surface area contributed by atoms with Gasteiger partial charge in [0.2, 0.25) is 11.8 Å². The van der Waals surface area contributed by atoms with E-state index in [0.717, 1.165) is 154 Å². The molecule has 2 saturated heterocycles. The maximum atomic E-state index is 14.1. The summed E-state index contributed by atoms with van der Waals surface area (Å²) < 4.78 is 73.0. The number of hydrogen-bond donors (Lipinski definition) is 8. The minimum absolute atomic E-state index is 0.0695. The third-order valence-electron chi connectivity index (χ3n) is 16.5. The number of nitrogens with one attached hydrogen (secondary N) is 2. The van der Waals surface area contributed by atoms with Crippen LogP contribution in [-0.4, -0.2) is 148 Å². The van der Waals surface area contributed by atoms with Gasteiger partial charge >= 0.3 is 15.6 Å². The van der Waals surface area contributed by atoms with E-state index in [2.05, 4.69) is 50.5 Å². The van der Waals surface area contributed by atoms with E-state index in [9.17, 15) is 53.3 Å². The van der Waals surface area contributed by atoms with E-state index in [1.165, 1.54) is 58.5 Å². The van der Waals surface area contributed by atoms with Crippen LogP contribution in [0.3, 0.4) is 0 Å². The van der Waals surface area contributed by atoms with Crippen LogP contribution in [0.15, 0.2) is 12.2 Å². The van der Waals surface area contributed by atoms with Crippen LogP contribution in [0.25, 0.3) is 0 Å². The van der Waals surface area contributed by atoms with Crippen molar-refractivity contribution in [1.82, 2.24) is 10.6 Å². The first-order valence-electron chi connectivity index (χ1n) is 34.6. The quantitative estimate of drug-likeness (QED) is 0.0121. The van der Waals surface area contributed by atoms with Crippen LogP contribution in [0.2, 0.25) is 0 Å². The molecule has 0 aromatic carbocycles. The van der Waals surface area contributed by atoms with E-state index in [0.29, 0.717) is 25.7 Å². The highest BCUT2D eigenvalue weighted by Gasteiger charge is 2.53. The summed E-state index contributed by atoms with van der Waals surface area (Å²) >= 11 is 0. The Morgan fingerprint density at radius 2 is 0.920 bits per heavy atom. The number of aliphatic hydroxyl groups is 2. The molecule has 0 aromatic heterocycles. The number of aliphatic hydroxyl groups excluding tert-OH is 2. The zero-order chi connectivity index (χ0) is 64.7. The molecule has 2 aliphatic rings. The summed E-state index contributed by atoms with van der Waals surface area (Å²) in [7, 11) is -9.35. The number of amides is 2. The minimum atomic E-state index is -5.40. The average molecular weight is 1300 g/mol. The Morgan fingerprint density at radius 3 is 1.45 bits per heavy atom. The summed E-state index contributed by atoms with van der Waals surface area (Å²) in [5.74, 6) is -1.56. The molecule has 21 nitrogen and oxygen atoms in total. The molecule has 88 heavy (non-hydrogen) atoms. The van der Waals surface area contributed by atoms with Crippen LogP contribution in [0, 0.1) is 0 Å². The topological polar surface area (TPSA) is 305 Å². The highest BCUT2D eigenvalue weighted by atomic mass is 31.2. The molecule has 0 bridgehead atoms. The van der Waals surface area contributed by atoms with Gasteiger partial charge in [-0.3, -0.25) is 23.4 Å². The van der Waals surface area contributed by atoms with Gasteiger partial charge in [-0.05, 0) is 57.8 Å². The number of phosphoric acid groups is 2. The van der Waals surface area contributed by atoms with Gasteiger partial charge < -0.3 is 68.8 Å². The van der Waals surface area contributed by atoms with Crippen molar-refractivity contribution >= 4 is 33.2 Å². The monoisotopic (exact) mass is 1300 g/mol. The molecule has 0 aliphatic carbocycles. The predicted molar refractivity (Wildman–Crippen MR) is 342 cm³/mol. The molecule has 0 saturated carbocycles. The van der Waals surface area contributed by atoms with Crippen LogP contribution in [-0.2, 0) is 61.0 Å². The fourth-order valence-electron chi connectivity index (χ4n) is 11.5. The molecule has 0 radical (unpaired) electrons. The van der Waals surface area contributed by atoms with E-state index in [1.807, 2.05) is 0 Å². The Balaban J connectivity index is 2.43. The SMILES string of the molecule is CCCCCC/C=C/CCCCCCCCCC(=O)NC1C(OCC2OC(OP(=O)(O)O)C(NC(=O)CC(=O)CCCCCCCCCCC)C(OCCCCCCCCCC)C2O)OC(COC)C(OP(=O)(O)O)C1OCCC(O)CCCCCCC. The van der Waals surface area contributed by atoms with Gasteiger partial charge in [-0.1, -0.05) is 220 Å². The molecule has 2 heterocycles. The lowest BCUT2D eigenvalue weighted by Gasteiger charge is -2.47. The summed E-state index contributed by atoms with van der Waals surface area (Å²) in [6.45, 7) is 7.68. The molecule has 23 heteroatoms. The van der Waals surface area contributed by atoms with Gasteiger partial charge in [0.25, 0.3) is 0 Å². The molecule has 8 N–H and O–H groups in total. The maximum absolute atomic E-state index is 14.1. The summed E-state index contributed by atoms with van der Waals surface area (Å²) in [5.41, 5.74) is 0. The van der Waals surface area contributed by atoms with Gasteiger partial charge in [-0.25, -0.2) is 9.13 Å². The van der Waals surface area contributed by atoms with E-state index < -0.39 is 108 Å². The summed E-state index contributed by atoms with van der Waals surface area (Å²) in [6.07, 6.45) is 27.7. The van der Waals surface area contributed by atoms with Crippen molar-refractivity contribution in [1.29, 1.82) is 0 Å². The van der Waals surface area contributed by atoms with Crippen molar-refractivity contribution in [2.45, 2.75) is 352 Å². The van der Waals surface area contributed by atoms with Crippen LogP contribution in [0.5, 0.6) is 0 Å². The van der Waals surface area contributed by atoms with E-state index in [-0.39, 0.29) is 44.9 Å². The zero-order valence-corrected chi connectivity index (χ0v) is 56.8. The average Bonchev–Trinajstić information content (AvgIpc) is 2.12. The van der Waals surface area contributed by atoms with Crippen LogP contribution >= 0.6 is 15.6 Å². The molecule has 11 unspecified atom stereocenters. The van der Waals surface area contributed by atoms with Crippen LogP contribution in [0.4, 0.5) is 0 Å². The Morgan fingerprint density at radius 1 is 0.477 bits per heavy atom. The van der Waals surface area contributed by atoms with E-state index >= 15 is 0 Å². The smallest absolute Gasteiger partial charge is 0.393 e.